The van der Waals surface area contributed by atoms with Crippen LogP contribution < -0.4 is 15.4 Å². The maximum Gasteiger partial charge on any atom is 0.255 e. The first-order chi connectivity index (χ1) is 15.8. The molecule has 3 aromatic rings. The SMILES string of the molecule is Cc1cccc(Nc2c(-c3ccncc3OCC3OCC3(C)C)[nH]c3c2C(=O)NCC3)c1Cl. The third kappa shape index (κ3) is 3.96. The molecule has 1 aromatic carbocycles. The minimum absolute atomic E-state index is 0.0249. The first-order valence-electron chi connectivity index (χ1n) is 11.1. The zero-order valence-electron chi connectivity index (χ0n) is 18.9. The van der Waals surface area contributed by atoms with E-state index < -0.39 is 0 Å². The number of aromatic nitrogens is 2. The molecule has 2 aliphatic rings. The first kappa shape index (κ1) is 21.8. The highest BCUT2D eigenvalue weighted by Crippen LogP contribution is 2.42. The van der Waals surface area contributed by atoms with Gasteiger partial charge in [-0.05, 0) is 24.6 Å². The molecule has 0 aliphatic carbocycles. The van der Waals surface area contributed by atoms with Gasteiger partial charge in [0.2, 0.25) is 0 Å². The lowest BCUT2D eigenvalue weighted by Gasteiger charge is -2.43. The molecule has 2 aromatic heterocycles. The van der Waals surface area contributed by atoms with Crippen LogP contribution in [0.25, 0.3) is 11.3 Å². The fourth-order valence-electron chi connectivity index (χ4n) is 4.26. The molecule has 0 bridgehead atoms. The molecule has 2 aliphatic heterocycles. The van der Waals surface area contributed by atoms with Gasteiger partial charge in [0.1, 0.15) is 12.4 Å². The maximum atomic E-state index is 12.8. The summed E-state index contributed by atoms with van der Waals surface area (Å²) in [7, 11) is 0. The van der Waals surface area contributed by atoms with Gasteiger partial charge in [-0.1, -0.05) is 37.6 Å². The molecule has 1 saturated heterocycles. The number of aromatic amines is 1. The zero-order valence-corrected chi connectivity index (χ0v) is 19.7. The summed E-state index contributed by atoms with van der Waals surface area (Å²) in [6.07, 6.45) is 4.15. The van der Waals surface area contributed by atoms with Crippen molar-refractivity contribution < 1.29 is 14.3 Å². The van der Waals surface area contributed by atoms with Crippen LogP contribution in [0.2, 0.25) is 5.02 Å². The van der Waals surface area contributed by atoms with Gasteiger partial charge in [0, 0.05) is 35.8 Å². The van der Waals surface area contributed by atoms with Crippen LogP contribution >= 0.6 is 11.6 Å². The Balaban J connectivity index is 1.56. The second-order valence-corrected chi connectivity index (χ2v) is 9.64. The normalized spacial score (nSPS) is 18.8. The highest BCUT2D eigenvalue weighted by atomic mass is 35.5. The van der Waals surface area contributed by atoms with Gasteiger partial charge < -0.3 is 25.1 Å². The minimum Gasteiger partial charge on any atom is -0.489 e. The number of rotatable bonds is 6. The van der Waals surface area contributed by atoms with Gasteiger partial charge in [0.25, 0.3) is 5.91 Å². The van der Waals surface area contributed by atoms with E-state index in [1.165, 1.54) is 0 Å². The predicted molar refractivity (Wildman–Crippen MR) is 129 cm³/mol. The Morgan fingerprint density at radius 2 is 2.18 bits per heavy atom. The van der Waals surface area contributed by atoms with E-state index in [-0.39, 0.29) is 17.4 Å². The number of aryl methyl sites for hydroxylation is 1. The van der Waals surface area contributed by atoms with Crippen LogP contribution in [0, 0.1) is 12.3 Å². The minimum atomic E-state index is -0.119. The summed E-state index contributed by atoms with van der Waals surface area (Å²) in [5.74, 6) is 0.507. The van der Waals surface area contributed by atoms with Crippen LogP contribution in [0.15, 0.2) is 36.7 Å². The number of pyridine rings is 1. The van der Waals surface area contributed by atoms with E-state index in [0.29, 0.717) is 41.6 Å². The van der Waals surface area contributed by atoms with Gasteiger partial charge >= 0.3 is 0 Å². The number of H-pyrrole nitrogens is 1. The lowest BCUT2D eigenvalue weighted by atomic mass is 9.83. The number of amides is 1. The molecule has 3 N–H and O–H groups in total. The van der Waals surface area contributed by atoms with Crippen LogP contribution in [0.1, 0.15) is 35.5 Å². The Morgan fingerprint density at radius 3 is 2.94 bits per heavy atom. The van der Waals surface area contributed by atoms with Crippen LogP contribution in [-0.4, -0.2) is 41.7 Å². The second kappa shape index (κ2) is 8.39. The van der Waals surface area contributed by atoms with E-state index in [1.54, 1.807) is 12.4 Å². The maximum absolute atomic E-state index is 12.8. The van der Waals surface area contributed by atoms with Gasteiger partial charge in [-0.3, -0.25) is 9.78 Å². The predicted octanol–water partition coefficient (Wildman–Crippen LogP) is 4.87. The molecule has 1 atom stereocenters. The summed E-state index contributed by atoms with van der Waals surface area (Å²) < 4.78 is 11.9. The Bertz CT molecular complexity index is 1220. The average Bonchev–Trinajstić information content (AvgIpc) is 3.16. The molecule has 33 heavy (non-hydrogen) atoms. The van der Waals surface area contributed by atoms with E-state index in [4.69, 9.17) is 21.1 Å². The molecular formula is C25H27ClN4O3. The van der Waals surface area contributed by atoms with Gasteiger partial charge in [-0.15, -0.1) is 0 Å². The summed E-state index contributed by atoms with van der Waals surface area (Å²) in [6.45, 7) is 8.03. The van der Waals surface area contributed by atoms with Gasteiger partial charge in [-0.25, -0.2) is 0 Å². The third-order valence-electron chi connectivity index (χ3n) is 6.39. The molecule has 1 unspecified atom stereocenters. The van der Waals surface area contributed by atoms with Crippen LogP contribution in [0.5, 0.6) is 5.75 Å². The fourth-order valence-corrected chi connectivity index (χ4v) is 4.43. The molecule has 4 heterocycles. The number of hydrogen-bond donors (Lipinski definition) is 3. The molecule has 7 nitrogen and oxygen atoms in total. The zero-order chi connectivity index (χ0) is 23.2. The number of nitrogens with one attached hydrogen (secondary N) is 3. The molecule has 1 amide bonds. The number of fused-ring (bicyclic) bond motifs is 1. The van der Waals surface area contributed by atoms with Crippen LogP contribution in [-0.2, 0) is 11.2 Å². The molecule has 1 fully saturated rings. The topological polar surface area (TPSA) is 88.3 Å². The third-order valence-corrected chi connectivity index (χ3v) is 6.89. The number of nitrogens with zero attached hydrogens (tertiary/aromatic N) is 1. The molecule has 0 radical (unpaired) electrons. The standard InChI is InChI=1S/C25H27ClN4O3/c1-14-5-4-6-17(21(14)26)30-23-20-16(8-10-28-24(20)31)29-22(23)15-7-9-27-11-18(15)32-12-19-25(2,3)13-33-19/h4-7,9,11,19,29-30H,8,10,12-13H2,1-3H3,(H,28,31). The van der Waals surface area contributed by atoms with E-state index in [1.807, 2.05) is 31.2 Å². The summed E-state index contributed by atoms with van der Waals surface area (Å²) in [5, 5.41) is 6.98. The van der Waals surface area contributed by atoms with Crippen molar-refractivity contribution in [2.45, 2.75) is 33.3 Å². The number of carbonyl (C=O) groups excluding carboxylic acids is 1. The van der Waals surface area contributed by atoms with Crippen molar-refractivity contribution >= 4 is 28.9 Å². The molecule has 172 valence electrons. The van der Waals surface area contributed by atoms with Crippen LogP contribution in [0.3, 0.4) is 0 Å². The highest BCUT2D eigenvalue weighted by Gasteiger charge is 2.40. The monoisotopic (exact) mass is 466 g/mol. The van der Waals surface area contributed by atoms with Crippen LogP contribution in [0.4, 0.5) is 11.4 Å². The summed E-state index contributed by atoms with van der Waals surface area (Å²) >= 11 is 6.57. The van der Waals surface area contributed by atoms with Crippen molar-refractivity contribution in [1.82, 2.24) is 15.3 Å². The number of ether oxygens (including phenoxy) is 2. The van der Waals surface area contributed by atoms with Crippen molar-refractivity contribution in [3.05, 3.63) is 58.5 Å². The second-order valence-electron chi connectivity index (χ2n) is 9.27. The average molecular weight is 467 g/mol. The number of carbonyl (C=O) groups is 1. The first-order valence-corrected chi connectivity index (χ1v) is 11.5. The van der Waals surface area contributed by atoms with Crippen molar-refractivity contribution in [3.63, 3.8) is 0 Å². The van der Waals surface area contributed by atoms with Gasteiger partial charge in [0.05, 0.1) is 46.6 Å². The van der Waals surface area contributed by atoms with E-state index in [9.17, 15) is 4.79 Å². The van der Waals surface area contributed by atoms with Crippen molar-refractivity contribution in [2.75, 3.05) is 25.1 Å². The lowest BCUT2D eigenvalue weighted by molar-refractivity contribution is -0.180. The number of halogens is 1. The van der Waals surface area contributed by atoms with E-state index >= 15 is 0 Å². The molecular weight excluding hydrogens is 440 g/mol. The van der Waals surface area contributed by atoms with Crippen molar-refractivity contribution in [1.29, 1.82) is 0 Å². The van der Waals surface area contributed by atoms with Crippen molar-refractivity contribution in [3.8, 4) is 17.0 Å². The Labute approximate surface area is 197 Å². The Morgan fingerprint density at radius 1 is 1.33 bits per heavy atom. The van der Waals surface area contributed by atoms with E-state index in [0.717, 1.165) is 34.8 Å². The van der Waals surface area contributed by atoms with Crippen molar-refractivity contribution in [2.24, 2.45) is 5.41 Å². The molecule has 0 spiro atoms. The summed E-state index contributed by atoms with van der Waals surface area (Å²) in [6, 6.07) is 7.68. The van der Waals surface area contributed by atoms with Gasteiger partial charge in [0.15, 0.2) is 0 Å². The quantitative estimate of drug-likeness (QED) is 0.482. The molecule has 5 rings (SSSR count). The number of hydrogen-bond acceptors (Lipinski definition) is 5. The largest absolute Gasteiger partial charge is 0.489 e. The number of benzene rings is 1. The Kier molecular flexibility index (Phi) is 5.54. The smallest absolute Gasteiger partial charge is 0.255 e. The molecule has 0 saturated carbocycles. The number of anilines is 2. The molecule has 8 heteroatoms. The summed E-state index contributed by atoms with van der Waals surface area (Å²) in [5.41, 5.74) is 5.50. The van der Waals surface area contributed by atoms with Gasteiger partial charge in [-0.2, -0.15) is 0 Å². The van der Waals surface area contributed by atoms with E-state index in [2.05, 4.69) is 34.4 Å². The highest BCUT2D eigenvalue weighted by molar-refractivity contribution is 6.34. The Hall–Kier alpha value is -3.03. The fraction of sp³-hybridized carbons (Fsp3) is 0.360. The summed E-state index contributed by atoms with van der Waals surface area (Å²) in [4.78, 5) is 20.6. The lowest BCUT2D eigenvalue weighted by Crippen LogP contribution is -2.50.